The molecule has 3 heteroatoms. The minimum atomic E-state index is -1.04. The van der Waals surface area contributed by atoms with Gasteiger partial charge in [0.2, 0.25) is 0 Å². The molecule has 0 saturated heterocycles. The summed E-state index contributed by atoms with van der Waals surface area (Å²) >= 11 is 0. The summed E-state index contributed by atoms with van der Waals surface area (Å²) in [5, 5.41) is 2.66. The first-order valence-corrected chi connectivity index (χ1v) is 8.37. The molecular formula is C19H15F2P. The monoisotopic (exact) mass is 312 g/mol. The Kier molecular flexibility index (Phi) is 4.31. The molecule has 0 aromatic heterocycles. The Hall–Kier alpha value is -2.05. The van der Waals surface area contributed by atoms with Crippen LogP contribution in [0.4, 0.5) is 8.78 Å². The minimum absolute atomic E-state index is 0.0804. The summed E-state index contributed by atoms with van der Waals surface area (Å²) < 4.78 is 28.3. The maximum Gasteiger partial charge on any atom is 0.137 e. The molecule has 0 atom stereocenters. The third-order valence-corrected chi connectivity index (χ3v) is 6.03. The lowest BCUT2D eigenvalue weighted by Crippen LogP contribution is -2.23. The van der Waals surface area contributed by atoms with Gasteiger partial charge in [-0.1, -0.05) is 60.7 Å². The number of hydrogen-bond acceptors (Lipinski definition) is 0. The van der Waals surface area contributed by atoms with E-state index in [-0.39, 0.29) is 5.56 Å². The highest BCUT2D eigenvalue weighted by molar-refractivity contribution is 7.79. The van der Waals surface area contributed by atoms with Gasteiger partial charge in [0.05, 0.1) is 0 Å². The molecule has 0 aliphatic heterocycles. The minimum Gasteiger partial charge on any atom is -0.207 e. The molecule has 3 aromatic rings. The Bertz CT molecular complexity index is 731. The molecule has 0 amide bonds. The van der Waals surface area contributed by atoms with Gasteiger partial charge < -0.3 is 0 Å². The highest BCUT2D eigenvalue weighted by atomic mass is 31.1. The summed E-state index contributed by atoms with van der Waals surface area (Å²) in [5.74, 6) is -0.948. The van der Waals surface area contributed by atoms with Gasteiger partial charge in [0, 0.05) is 10.9 Å². The molecule has 110 valence electrons. The quantitative estimate of drug-likeness (QED) is 0.641. The SMILES string of the molecule is Cc1c(F)ccc(P(c2ccccc2)c2ccccc2)c1F. The molecule has 0 aliphatic carbocycles. The first-order valence-electron chi connectivity index (χ1n) is 7.03. The number of halogens is 2. The lowest BCUT2D eigenvalue weighted by Gasteiger charge is -2.20. The molecular weight excluding hydrogens is 297 g/mol. The van der Waals surface area contributed by atoms with E-state index in [2.05, 4.69) is 0 Å². The van der Waals surface area contributed by atoms with E-state index in [9.17, 15) is 8.78 Å². The Morgan fingerprint density at radius 2 is 1.18 bits per heavy atom. The van der Waals surface area contributed by atoms with Gasteiger partial charge in [-0.3, -0.25) is 0 Å². The lowest BCUT2D eigenvalue weighted by molar-refractivity contribution is 0.573. The topological polar surface area (TPSA) is 0 Å². The standard InChI is InChI=1S/C19H15F2P/c1-14-17(20)12-13-18(19(14)21)22(15-8-4-2-5-9-15)16-10-6-3-7-11-16/h2-13H,1H3. The van der Waals surface area contributed by atoms with E-state index in [1.54, 1.807) is 6.07 Å². The zero-order chi connectivity index (χ0) is 15.5. The zero-order valence-corrected chi connectivity index (χ0v) is 13.0. The van der Waals surface area contributed by atoms with Crippen molar-refractivity contribution >= 4 is 23.8 Å². The molecule has 0 saturated carbocycles. The highest BCUT2D eigenvalue weighted by Crippen LogP contribution is 2.34. The average molecular weight is 312 g/mol. The number of rotatable bonds is 3. The molecule has 3 aromatic carbocycles. The van der Waals surface area contributed by atoms with Crippen molar-refractivity contribution in [2.45, 2.75) is 6.92 Å². The van der Waals surface area contributed by atoms with Crippen molar-refractivity contribution < 1.29 is 8.78 Å². The highest BCUT2D eigenvalue weighted by Gasteiger charge is 2.21. The van der Waals surface area contributed by atoms with Crippen LogP contribution < -0.4 is 15.9 Å². The van der Waals surface area contributed by atoms with E-state index in [4.69, 9.17) is 0 Å². The van der Waals surface area contributed by atoms with Crippen molar-refractivity contribution in [1.82, 2.24) is 0 Å². The van der Waals surface area contributed by atoms with E-state index in [0.717, 1.165) is 10.6 Å². The van der Waals surface area contributed by atoms with Crippen LogP contribution in [-0.2, 0) is 0 Å². The van der Waals surface area contributed by atoms with Gasteiger partial charge in [-0.05, 0) is 37.6 Å². The van der Waals surface area contributed by atoms with Crippen LogP contribution in [0, 0.1) is 18.6 Å². The lowest BCUT2D eigenvalue weighted by atomic mass is 10.2. The molecule has 22 heavy (non-hydrogen) atoms. The Labute approximate surface area is 130 Å². The van der Waals surface area contributed by atoms with Crippen molar-refractivity contribution in [1.29, 1.82) is 0 Å². The van der Waals surface area contributed by atoms with Gasteiger partial charge in [-0.25, -0.2) is 8.78 Å². The third-order valence-electron chi connectivity index (χ3n) is 3.57. The van der Waals surface area contributed by atoms with Crippen LogP contribution in [0.2, 0.25) is 0 Å². The molecule has 0 radical (unpaired) electrons. The second kappa shape index (κ2) is 6.37. The van der Waals surface area contributed by atoms with Crippen molar-refractivity contribution in [3.8, 4) is 0 Å². The van der Waals surface area contributed by atoms with Gasteiger partial charge in [0.1, 0.15) is 11.6 Å². The fraction of sp³-hybridized carbons (Fsp3) is 0.0526. The van der Waals surface area contributed by atoms with E-state index >= 15 is 0 Å². The largest absolute Gasteiger partial charge is 0.207 e. The average Bonchev–Trinajstić information content (AvgIpc) is 2.57. The smallest absolute Gasteiger partial charge is 0.137 e. The molecule has 0 aliphatic rings. The van der Waals surface area contributed by atoms with Crippen LogP contribution in [0.25, 0.3) is 0 Å². The molecule has 0 heterocycles. The van der Waals surface area contributed by atoms with Gasteiger partial charge in [0.15, 0.2) is 0 Å². The van der Waals surface area contributed by atoms with E-state index < -0.39 is 19.6 Å². The predicted molar refractivity (Wildman–Crippen MR) is 89.8 cm³/mol. The van der Waals surface area contributed by atoms with Crippen LogP contribution >= 0.6 is 7.92 Å². The zero-order valence-electron chi connectivity index (χ0n) is 12.1. The van der Waals surface area contributed by atoms with Crippen LogP contribution in [0.3, 0.4) is 0 Å². The second-order valence-electron chi connectivity index (χ2n) is 5.01. The summed E-state index contributed by atoms with van der Waals surface area (Å²) in [6, 6.07) is 22.6. The first kappa shape index (κ1) is 14.9. The second-order valence-corrected chi connectivity index (χ2v) is 7.20. The van der Waals surface area contributed by atoms with Crippen molar-refractivity contribution in [3.05, 3.63) is 90.0 Å². The van der Waals surface area contributed by atoms with Crippen molar-refractivity contribution in [3.63, 3.8) is 0 Å². The molecule has 0 fully saturated rings. The molecule has 0 N–H and O–H groups in total. The van der Waals surface area contributed by atoms with E-state index in [1.807, 2.05) is 60.7 Å². The van der Waals surface area contributed by atoms with Gasteiger partial charge in [0.25, 0.3) is 0 Å². The van der Waals surface area contributed by atoms with Crippen molar-refractivity contribution in [2.75, 3.05) is 0 Å². The molecule has 0 bridgehead atoms. The van der Waals surface area contributed by atoms with E-state index in [0.29, 0.717) is 5.30 Å². The van der Waals surface area contributed by atoms with Gasteiger partial charge in [-0.2, -0.15) is 0 Å². The normalized spacial score (nSPS) is 10.9. The maximum absolute atomic E-state index is 14.7. The fourth-order valence-electron chi connectivity index (χ4n) is 2.40. The number of benzene rings is 3. The van der Waals surface area contributed by atoms with Crippen LogP contribution in [0.15, 0.2) is 72.8 Å². The Morgan fingerprint density at radius 3 is 1.68 bits per heavy atom. The van der Waals surface area contributed by atoms with Gasteiger partial charge >= 0.3 is 0 Å². The molecule has 3 rings (SSSR count). The van der Waals surface area contributed by atoms with Crippen LogP contribution in [0.5, 0.6) is 0 Å². The number of hydrogen-bond donors (Lipinski definition) is 0. The van der Waals surface area contributed by atoms with Gasteiger partial charge in [-0.15, -0.1) is 0 Å². The fourth-order valence-corrected chi connectivity index (χ4v) is 4.78. The summed E-state index contributed by atoms with van der Waals surface area (Å²) in [7, 11) is -1.04. The van der Waals surface area contributed by atoms with Crippen LogP contribution in [0.1, 0.15) is 5.56 Å². The molecule has 0 nitrogen and oxygen atoms in total. The summed E-state index contributed by atoms with van der Waals surface area (Å²) in [6.45, 7) is 1.48. The first-order chi connectivity index (χ1) is 10.7. The summed E-state index contributed by atoms with van der Waals surface area (Å²) in [5.41, 5.74) is 0.0804. The maximum atomic E-state index is 14.7. The molecule has 0 spiro atoms. The van der Waals surface area contributed by atoms with E-state index in [1.165, 1.54) is 13.0 Å². The summed E-state index contributed by atoms with van der Waals surface area (Å²) in [6.07, 6.45) is 0. The molecule has 0 unspecified atom stereocenters. The van der Waals surface area contributed by atoms with Crippen molar-refractivity contribution in [2.24, 2.45) is 0 Å². The van der Waals surface area contributed by atoms with Crippen LogP contribution in [-0.4, -0.2) is 0 Å². The Balaban J connectivity index is 2.21. The predicted octanol–water partition coefficient (Wildman–Crippen LogP) is 4.03. The Morgan fingerprint density at radius 1 is 0.682 bits per heavy atom. The third kappa shape index (κ3) is 2.80. The summed E-state index contributed by atoms with van der Waals surface area (Å²) in [4.78, 5) is 0.